The van der Waals surface area contributed by atoms with Crippen molar-refractivity contribution in [2.45, 2.75) is 83.2 Å². The van der Waals surface area contributed by atoms with Crippen LogP contribution in [-0.4, -0.2) is 49.0 Å². The first-order chi connectivity index (χ1) is 11.2. The van der Waals surface area contributed by atoms with Crippen molar-refractivity contribution in [2.75, 3.05) is 26.4 Å². The number of rotatable bonds is 13. The molecule has 136 valence electrons. The standard InChI is InChI=1S/C18H34O4S/c1-4-7-10-20-14-16-18(22-12-9-6-3)15(13-17(19)23-16)21-11-8-5-2/h15-16,18H,4-14H2,1-3H3/t15-,16-,18+/m1/s1. The number of unbranched alkanes of at least 4 members (excludes halogenated alkanes) is 3. The van der Waals surface area contributed by atoms with Crippen molar-refractivity contribution in [1.29, 1.82) is 0 Å². The van der Waals surface area contributed by atoms with Gasteiger partial charge in [-0.15, -0.1) is 0 Å². The summed E-state index contributed by atoms with van der Waals surface area (Å²) in [5.74, 6) is 0. The Morgan fingerprint density at radius 3 is 2.22 bits per heavy atom. The Balaban J connectivity index is 2.58. The van der Waals surface area contributed by atoms with E-state index in [4.69, 9.17) is 14.2 Å². The summed E-state index contributed by atoms with van der Waals surface area (Å²) in [6, 6.07) is 0. The maximum absolute atomic E-state index is 12.1. The monoisotopic (exact) mass is 346 g/mol. The zero-order valence-electron chi connectivity index (χ0n) is 15.1. The minimum absolute atomic E-state index is 0.0391. The van der Waals surface area contributed by atoms with Gasteiger partial charge in [-0.2, -0.15) is 0 Å². The smallest absolute Gasteiger partial charge is 0.192 e. The van der Waals surface area contributed by atoms with Crippen LogP contribution >= 0.6 is 11.8 Å². The van der Waals surface area contributed by atoms with E-state index in [0.29, 0.717) is 19.6 Å². The summed E-state index contributed by atoms with van der Waals surface area (Å²) in [4.78, 5) is 12.1. The highest BCUT2D eigenvalue weighted by molar-refractivity contribution is 8.14. The van der Waals surface area contributed by atoms with E-state index in [-0.39, 0.29) is 22.6 Å². The number of hydrogen-bond donors (Lipinski definition) is 0. The lowest BCUT2D eigenvalue weighted by atomic mass is 10.1. The number of hydrogen-bond acceptors (Lipinski definition) is 5. The molecule has 3 atom stereocenters. The van der Waals surface area contributed by atoms with Crippen molar-refractivity contribution in [3.63, 3.8) is 0 Å². The van der Waals surface area contributed by atoms with Gasteiger partial charge in [0.05, 0.1) is 24.1 Å². The quantitative estimate of drug-likeness (QED) is 0.468. The molecule has 0 radical (unpaired) electrons. The molecular weight excluding hydrogens is 312 g/mol. The Morgan fingerprint density at radius 1 is 0.957 bits per heavy atom. The van der Waals surface area contributed by atoms with Gasteiger partial charge in [-0.1, -0.05) is 51.8 Å². The van der Waals surface area contributed by atoms with Crippen molar-refractivity contribution < 1.29 is 19.0 Å². The zero-order valence-corrected chi connectivity index (χ0v) is 15.9. The molecule has 1 rings (SSSR count). The predicted molar refractivity (Wildman–Crippen MR) is 96.0 cm³/mol. The molecule has 0 spiro atoms. The van der Waals surface area contributed by atoms with E-state index in [1.807, 2.05) is 0 Å². The SMILES string of the molecule is CCCCOC[C@H]1SC(=O)C[C@@H](OCCCC)[C@@H]1OCCCC. The molecule has 1 heterocycles. The Morgan fingerprint density at radius 2 is 1.57 bits per heavy atom. The summed E-state index contributed by atoms with van der Waals surface area (Å²) < 4.78 is 17.9. The fourth-order valence-corrected chi connectivity index (χ4v) is 3.64. The van der Waals surface area contributed by atoms with Crippen LogP contribution in [0.4, 0.5) is 0 Å². The molecule has 23 heavy (non-hydrogen) atoms. The average molecular weight is 347 g/mol. The van der Waals surface area contributed by atoms with Crippen molar-refractivity contribution >= 4 is 16.9 Å². The van der Waals surface area contributed by atoms with Gasteiger partial charge >= 0.3 is 0 Å². The zero-order chi connectivity index (χ0) is 16.9. The van der Waals surface area contributed by atoms with Gasteiger partial charge in [-0.05, 0) is 19.3 Å². The highest BCUT2D eigenvalue weighted by Gasteiger charge is 2.39. The fraction of sp³-hybridized carbons (Fsp3) is 0.944. The molecule has 0 N–H and O–H groups in total. The van der Waals surface area contributed by atoms with E-state index in [9.17, 15) is 4.79 Å². The lowest BCUT2D eigenvalue weighted by Crippen LogP contribution is -2.47. The molecule has 0 aromatic rings. The van der Waals surface area contributed by atoms with Crippen molar-refractivity contribution in [3.05, 3.63) is 0 Å². The summed E-state index contributed by atoms with van der Waals surface area (Å²) in [7, 11) is 0. The molecule has 5 heteroatoms. The van der Waals surface area contributed by atoms with Gasteiger partial charge in [0.1, 0.15) is 0 Å². The number of carbonyl (C=O) groups is 1. The van der Waals surface area contributed by atoms with Gasteiger partial charge in [0.2, 0.25) is 0 Å². The van der Waals surface area contributed by atoms with Crippen LogP contribution in [0.5, 0.6) is 0 Å². The van der Waals surface area contributed by atoms with Crippen molar-refractivity contribution in [1.82, 2.24) is 0 Å². The highest BCUT2D eigenvalue weighted by atomic mass is 32.2. The van der Waals surface area contributed by atoms with Crippen LogP contribution < -0.4 is 0 Å². The van der Waals surface area contributed by atoms with Gasteiger partial charge in [-0.25, -0.2) is 0 Å². The third-order valence-corrected chi connectivity index (χ3v) is 5.08. The van der Waals surface area contributed by atoms with E-state index < -0.39 is 0 Å². The maximum atomic E-state index is 12.1. The molecule has 0 aromatic heterocycles. The predicted octanol–water partition coefficient (Wildman–Crippen LogP) is 4.21. The second kappa shape index (κ2) is 13.2. The molecule has 0 bridgehead atoms. The summed E-state index contributed by atoms with van der Waals surface area (Å²) >= 11 is 1.38. The second-order valence-corrected chi connectivity index (χ2v) is 7.41. The first kappa shape index (κ1) is 20.9. The molecular formula is C18H34O4S. The minimum atomic E-state index is -0.119. The molecule has 1 aliphatic heterocycles. The fourth-order valence-electron chi connectivity index (χ4n) is 2.49. The first-order valence-corrected chi connectivity index (χ1v) is 10.1. The van der Waals surface area contributed by atoms with Crippen LogP contribution in [0.2, 0.25) is 0 Å². The average Bonchev–Trinajstić information content (AvgIpc) is 2.54. The summed E-state index contributed by atoms with van der Waals surface area (Å²) in [5.41, 5.74) is 0. The molecule has 0 unspecified atom stereocenters. The van der Waals surface area contributed by atoms with Crippen LogP contribution in [0.3, 0.4) is 0 Å². The molecule has 0 amide bonds. The van der Waals surface area contributed by atoms with Gasteiger partial charge in [0.15, 0.2) is 5.12 Å². The molecule has 1 saturated heterocycles. The Labute approximate surface area is 146 Å². The van der Waals surface area contributed by atoms with E-state index in [0.717, 1.165) is 51.7 Å². The van der Waals surface area contributed by atoms with Gasteiger partial charge in [0, 0.05) is 26.2 Å². The normalized spacial score (nSPS) is 25.0. The third-order valence-electron chi connectivity index (χ3n) is 3.95. The van der Waals surface area contributed by atoms with Gasteiger partial charge in [-0.3, -0.25) is 4.79 Å². The van der Waals surface area contributed by atoms with E-state index in [2.05, 4.69) is 20.8 Å². The summed E-state index contributed by atoms with van der Waals surface area (Å²) in [6.07, 6.45) is 6.75. The molecule has 1 fully saturated rings. The first-order valence-electron chi connectivity index (χ1n) is 9.23. The molecule has 0 aliphatic carbocycles. The third kappa shape index (κ3) is 8.52. The van der Waals surface area contributed by atoms with Crippen LogP contribution in [0.15, 0.2) is 0 Å². The lowest BCUT2D eigenvalue weighted by molar-refractivity contribution is -0.124. The highest BCUT2D eigenvalue weighted by Crippen LogP contribution is 2.32. The van der Waals surface area contributed by atoms with Crippen molar-refractivity contribution in [3.8, 4) is 0 Å². The van der Waals surface area contributed by atoms with E-state index in [1.165, 1.54) is 11.8 Å². The largest absolute Gasteiger partial charge is 0.380 e. The minimum Gasteiger partial charge on any atom is -0.380 e. The maximum Gasteiger partial charge on any atom is 0.192 e. The van der Waals surface area contributed by atoms with E-state index >= 15 is 0 Å². The number of ether oxygens (including phenoxy) is 3. The molecule has 0 saturated carbocycles. The van der Waals surface area contributed by atoms with Crippen LogP contribution in [-0.2, 0) is 19.0 Å². The van der Waals surface area contributed by atoms with Crippen LogP contribution in [0.25, 0.3) is 0 Å². The number of carbonyl (C=O) groups excluding carboxylic acids is 1. The lowest BCUT2D eigenvalue weighted by Gasteiger charge is -2.36. The number of thioether (sulfide) groups is 1. The van der Waals surface area contributed by atoms with Crippen LogP contribution in [0.1, 0.15) is 65.7 Å². The second-order valence-electron chi connectivity index (χ2n) is 6.11. The molecule has 0 aromatic carbocycles. The summed E-state index contributed by atoms with van der Waals surface area (Å²) in [6.45, 7) is 9.21. The Bertz CT molecular complexity index is 311. The van der Waals surface area contributed by atoms with E-state index in [1.54, 1.807) is 0 Å². The Hall–Kier alpha value is -0.100. The Kier molecular flexibility index (Phi) is 12.0. The topological polar surface area (TPSA) is 44.8 Å². The molecule has 4 nitrogen and oxygen atoms in total. The molecule has 1 aliphatic rings. The van der Waals surface area contributed by atoms with Gasteiger partial charge < -0.3 is 14.2 Å². The van der Waals surface area contributed by atoms with Gasteiger partial charge in [0.25, 0.3) is 0 Å². The van der Waals surface area contributed by atoms with Crippen LogP contribution in [0, 0.1) is 0 Å². The van der Waals surface area contributed by atoms with Crippen molar-refractivity contribution in [2.24, 2.45) is 0 Å². The summed E-state index contributed by atoms with van der Waals surface area (Å²) in [5, 5.41) is 0.252.